The molecule has 0 spiro atoms. The van der Waals surface area contributed by atoms with E-state index in [0.29, 0.717) is 6.04 Å². The fraction of sp³-hybridized carbons (Fsp3) is 0.438. The quantitative estimate of drug-likeness (QED) is 0.943. The molecule has 0 radical (unpaired) electrons. The average Bonchev–Trinajstić information content (AvgIpc) is 2.90. The van der Waals surface area contributed by atoms with E-state index in [1.807, 2.05) is 0 Å². The lowest BCUT2D eigenvalue weighted by Gasteiger charge is -2.31. The normalized spacial score (nSPS) is 17.9. The van der Waals surface area contributed by atoms with Crippen molar-refractivity contribution in [3.05, 3.63) is 40.0 Å². The van der Waals surface area contributed by atoms with Crippen molar-refractivity contribution in [3.8, 4) is 11.3 Å². The van der Waals surface area contributed by atoms with E-state index in [0.717, 1.165) is 42.4 Å². The Morgan fingerprint density at radius 3 is 2.57 bits per heavy atom. The van der Waals surface area contributed by atoms with Crippen LogP contribution in [-0.2, 0) is 0 Å². The van der Waals surface area contributed by atoms with Gasteiger partial charge in [-0.1, -0.05) is 0 Å². The van der Waals surface area contributed by atoms with Crippen molar-refractivity contribution in [2.75, 3.05) is 26.2 Å². The summed E-state index contributed by atoms with van der Waals surface area (Å²) in [5.41, 5.74) is 1.97. The van der Waals surface area contributed by atoms with Gasteiger partial charge in [0.05, 0.1) is 11.7 Å². The third-order valence-electron chi connectivity index (χ3n) is 3.99. The lowest BCUT2D eigenvalue weighted by Crippen LogP contribution is -2.44. The van der Waals surface area contributed by atoms with Gasteiger partial charge in [0.15, 0.2) is 0 Å². The molecule has 0 bridgehead atoms. The van der Waals surface area contributed by atoms with Crippen molar-refractivity contribution < 1.29 is 4.39 Å². The van der Waals surface area contributed by atoms with Gasteiger partial charge in [0, 0.05) is 36.6 Å². The summed E-state index contributed by atoms with van der Waals surface area (Å²) in [5, 5.41) is 4.52. The Kier molecular flexibility index (Phi) is 4.33. The van der Waals surface area contributed by atoms with E-state index in [-0.39, 0.29) is 5.82 Å². The van der Waals surface area contributed by atoms with Crippen LogP contribution < -0.4 is 5.32 Å². The van der Waals surface area contributed by atoms with Crippen LogP contribution in [0, 0.1) is 12.7 Å². The molecule has 3 nitrogen and oxygen atoms in total. The minimum absolute atomic E-state index is 0.207. The molecule has 0 amide bonds. The van der Waals surface area contributed by atoms with Crippen molar-refractivity contribution in [2.45, 2.75) is 19.9 Å². The molecule has 1 aromatic heterocycles. The summed E-state index contributed by atoms with van der Waals surface area (Å²) in [6.07, 6.45) is 0. The summed E-state index contributed by atoms with van der Waals surface area (Å²) >= 11 is 1.75. The smallest absolute Gasteiger partial charge is 0.123 e. The minimum Gasteiger partial charge on any atom is -0.314 e. The highest BCUT2D eigenvalue weighted by molar-refractivity contribution is 7.12. The maximum atomic E-state index is 13.0. The van der Waals surface area contributed by atoms with Gasteiger partial charge in [-0.15, -0.1) is 11.3 Å². The van der Waals surface area contributed by atoms with Crippen LogP contribution in [0.15, 0.2) is 24.3 Å². The third-order valence-corrected chi connectivity index (χ3v) is 5.13. The largest absolute Gasteiger partial charge is 0.314 e. The molecular formula is C16H20FN3S. The maximum Gasteiger partial charge on any atom is 0.123 e. The van der Waals surface area contributed by atoms with Crippen LogP contribution in [0.2, 0.25) is 0 Å². The van der Waals surface area contributed by atoms with Crippen LogP contribution in [-0.4, -0.2) is 36.1 Å². The van der Waals surface area contributed by atoms with Crippen LogP contribution in [0.25, 0.3) is 11.3 Å². The van der Waals surface area contributed by atoms with Gasteiger partial charge < -0.3 is 5.32 Å². The molecule has 2 aromatic rings. The van der Waals surface area contributed by atoms with E-state index in [9.17, 15) is 4.39 Å². The molecule has 1 aliphatic heterocycles. The first-order valence-electron chi connectivity index (χ1n) is 7.33. The number of thiazole rings is 1. The number of aryl methyl sites for hydroxylation is 1. The molecule has 1 saturated heterocycles. The lowest BCUT2D eigenvalue weighted by atomic mass is 10.1. The molecule has 21 heavy (non-hydrogen) atoms. The lowest BCUT2D eigenvalue weighted by molar-refractivity contribution is 0.185. The summed E-state index contributed by atoms with van der Waals surface area (Å²) in [6.45, 7) is 8.51. The molecule has 1 fully saturated rings. The highest BCUT2D eigenvalue weighted by atomic mass is 32.1. The van der Waals surface area contributed by atoms with Crippen LogP contribution >= 0.6 is 11.3 Å². The van der Waals surface area contributed by atoms with Gasteiger partial charge in [0.1, 0.15) is 10.8 Å². The second-order valence-corrected chi connectivity index (χ2v) is 6.66. The fourth-order valence-corrected chi connectivity index (χ4v) is 3.73. The Hall–Kier alpha value is -1.30. The van der Waals surface area contributed by atoms with Gasteiger partial charge in [-0.3, -0.25) is 4.90 Å². The summed E-state index contributed by atoms with van der Waals surface area (Å²) in [7, 11) is 0. The first kappa shape index (κ1) is 14.6. The highest BCUT2D eigenvalue weighted by Crippen LogP contribution is 2.32. The van der Waals surface area contributed by atoms with E-state index in [4.69, 9.17) is 4.98 Å². The Morgan fingerprint density at radius 1 is 1.24 bits per heavy atom. The molecule has 1 unspecified atom stereocenters. The van der Waals surface area contributed by atoms with E-state index in [1.54, 1.807) is 23.5 Å². The summed E-state index contributed by atoms with van der Waals surface area (Å²) in [4.78, 5) is 8.47. The van der Waals surface area contributed by atoms with Crippen LogP contribution in [0.4, 0.5) is 4.39 Å². The van der Waals surface area contributed by atoms with Gasteiger partial charge in [-0.25, -0.2) is 9.37 Å². The van der Waals surface area contributed by atoms with Gasteiger partial charge in [0.2, 0.25) is 0 Å². The van der Waals surface area contributed by atoms with Crippen LogP contribution in [0.1, 0.15) is 22.9 Å². The second kappa shape index (κ2) is 6.22. The van der Waals surface area contributed by atoms with Crippen LogP contribution in [0.5, 0.6) is 0 Å². The summed E-state index contributed by atoms with van der Waals surface area (Å²) in [5.74, 6) is -0.207. The predicted octanol–water partition coefficient (Wildman–Crippen LogP) is 3.22. The van der Waals surface area contributed by atoms with Gasteiger partial charge in [-0.05, 0) is 38.1 Å². The van der Waals surface area contributed by atoms with E-state index < -0.39 is 0 Å². The molecule has 1 aromatic carbocycles. The fourth-order valence-electron chi connectivity index (χ4n) is 2.70. The summed E-state index contributed by atoms with van der Waals surface area (Å²) < 4.78 is 13.0. The third kappa shape index (κ3) is 3.15. The van der Waals surface area contributed by atoms with Gasteiger partial charge in [-0.2, -0.15) is 0 Å². The number of rotatable bonds is 3. The van der Waals surface area contributed by atoms with E-state index >= 15 is 0 Å². The molecule has 0 aliphatic carbocycles. The maximum absolute atomic E-state index is 13.0. The van der Waals surface area contributed by atoms with Crippen molar-refractivity contribution in [1.82, 2.24) is 15.2 Å². The SMILES string of the molecule is Cc1sc(C(C)N2CCNCC2)nc1-c1ccc(F)cc1. The number of nitrogens with zero attached hydrogens (tertiary/aromatic N) is 2. The van der Waals surface area contributed by atoms with Gasteiger partial charge >= 0.3 is 0 Å². The Morgan fingerprint density at radius 2 is 1.90 bits per heavy atom. The monoisotopic (exact) mass is 305 g/mol. The Bertz CT molecular complexity index is 602. The molecule has 1 atom stereocenters. The molecular weight excluding hydrogens is 285 g/mol. The predicted molar refractivity (Wildman–Crippen MR) is 85.1 cm³/mol. The minimum atomic E-state index is -0.207. The molecule has 1 aliphatic rings. The molecule has 0 saturated carbocycles. The van der Waals surface area contributed by atoms with E-state index in [1.165, 1.54) is 17.0 Å². The number of halogens is 1. The number of aromatic nitrogens is 1. The summed E-state index contributed by atoms with van der Waals surface area (Å²) in [6, 6.07) is 6.93. The van der Waals surface area contributed by atoms with Crippen molar-refractivity contribution in [1.29, 1.82) is 0 Å². The van der Waals surface area contributed by atoms with E-state index in [2.05, 4.69) is 24.1 Å². The zero-order valence-electron chi connectivity index (χ0n) is 12.4. The van der Waals surface area contributed by atoms with Crippen molar-refractivity contribution >= 4 is 11.3 Å². The standard InChI is InChI=1S/C16H20FN3S/c1-11(20-9-7-18-8-10-20)16-19-15(12(2)21-16)13-3-5-14(17)6-4-13/h3-6,11,18H,7-10H2,1-2H3. The zero-order chi connectivity index (χ0) is 14.8. The van der Waals surface area contributed by atoms with Crippen molar-refractivity contribution in [3.63, 3.8) is 0 Å². The van der Waals surface area contributed by atoms with Crippen molar-refractivity contribution in [2.24, 2.45) is 0 Å². The molecule has 112 valence electrons. The average molecular weight is 305 g/mol. The topological polar surface area (TPSA) is 28.2 Å². The highest BCUT2D eigenvalue weighted by Gasteiger charge is 2.22. The first-order chi connectivity index (χ1) is 10.1. The number of hydrogen-bond donors (Lipinski definition) is 1. The van der Waals surface area contributed by atoms with Crippen LogP contribution in [0.3, 0.4) is 0 Å². The number of benzene rings is 1. The number of hydrogen-bond acceptors (Lipinski definition) is 4. The molecule has 3 rings (SSSR count). The first-order valence-corrected chi connectivity index (χ1v) is 8.15. The zero-order valence-corrected chi connectivity index (χ0v) is 13.2. The molecule has 5 heteroatoms. The molecule has 2 heterocycles. The second-order valence-electron chi connectivity index (χ2n) is 5.43. The Labute approximate surface area is 128 Å². The number of nitrogens with one attached hydrogen (secondary N) is 1. The molecule has 1 N–H and O–H groups in total. The number of piperazine rings is 1. The van der Waals surface area contributed by atoms with Gasteiger partial charge in [0.25, 0.3) is 0 Å². The Balaban J connectivity index is 1.84.